The summed E-state index contributed by atoms with van der Waals surface area (Å²) in [5.74, 6) is 1.58. The molecule has 2 aliphatic rings. The van der Waals surface area contributed by atoms with Crippen LogP contribution in [0.15, 0.2) is 30.3 Å². The summed E-state index contributed by atoms with van der Waals surface area (Å²) in [5.41, 5.74) is 2.62. The molecule has 0 radical (unpaired) electrons. The second kappa shape index (κ2) is 7.81. The maximum absolute atomic E-state index is 13.2. The third kappa shape index (κ3) is 3.95. The highest BCUT2D eigenvalue weighted by Crippen LogP contribution is 2.33. The number of piperazine rings is 1. The molecule has 1 unspecified atom stereocenters. The monoisotopic (exact) mass is 393 g/mol. The average Bonchev–Trinajstić information content (AvgIpc) is 2.72. The standard InChI is InChI=1S/C22H27N5O2/c1-14(2)21-23-15(3)12-19(25-21)26-8-10-27(11-9-26)22(29)17-13-20(28)24-18-7-5-4-6-16(17)18/h4-7,12,14,17H,8-11,13H2,1-3H3,(H,24,28). The summed E-state index contributed by atoms with van der Waals surface area (Å²) in [6.07, 6.45) is 0.207. The third-order valence-electron chi connectivity index (χ3n) is 5.59. The molecular weight excluding hydrogens is 366 g/mol. The number of hydrogen-bond donors (Lipinski definition) is 1. The number of aryl methyl sites for hydroxylation is 1. The van der Waals surface area contributed by atoms with E-state index in [1.54, 1.807) is 0 Å². The van der Waals surface area contributed by atoms with Crippen molar-refractivity contribution in [2.24, 2.45) is 0 Å². The van der Waals surface area contributed by atoms with Crippen molar-refractivity contribution >= 4 is 23.3 Å². The number of fused-ring (bicyclic) bond motifs is 1. The van der Waals surface area contributed by atoms with Crippen LogP contribution in [-0.2, 0) is 9.59 Å². The number of para-hydroxylation sites is 1. The van der Waals surface area contributed by atoms with Gasteiger partial charge in [0, 0.05) is 56.0 Å². The van der Waals surface area contributed by atoms with Crippen LogP contribution >= 0.6 is 0 Å². The molecule has 1 N–H and O–H groups in total. The minimum absolute atomic E-state index is 0.0358. The van der Waals surface area contributed by atoms with Gasteiger partial charge in [0.2, 0.25) is 11.8 Å². The number of aromatic nitrogens is 2. The highest BCUT2D eigenvalue weighted by Gasteiger charge is 2.34. The molecule has 1 aromatic heterocycles. The van der Waals surface area contributed by atoms with Gasteiger partial charge in [-0.1, -0.05) is 32.0 Å². The SMILES string of the molecule is Cc1cc(N2CCN(C(=O)C3CC(=O)Nc4ccccc43)CC2)nc(C(C)C)n1. The smallest absolute Gasteiger partial charge is 0.230 e. The first-order chi connectivity index (χ1) is 13.9. The number of hydrogen-bond acceptors (Lipinski definition) is 5. The molecule has 0 spiro atoms. The number of nitrogens with zero attached hydrogens (tertiary/aromatic N) is 4. The molecule has 1 fully saturated rings. The molecule has 1 atom stereocenters. The van der Waals surface area contributed by atoms with Crippen LogP contribution in [-0.4, -0.2) is 52.9 Å². The van der Waals surface area contributed by atoms with Gasteiger partial charge >= 0.3 is 0 Å². The van der Waals surface area contributed by atoms with Crippen molar-refractivity contribution < 1.29 is 9.59 Å². The maximum atomic E-state index is 13.2. The van der Waals surface area contributed by atoms with Crippen LogP contribution in [0.2, 0.25) is 0 Å². The molecule has 0 bridgehead atoms. The lowest BCUT2D eigenvalue weighted by Crippen LogP contribution is -2.51. The predicted molar refractivity (Wildman–Crippen MR) is 112 cm³/mol. The fourth-order valence-electron chi connectivity index (χ4n) is 4.00. The Kier molecular flexibility index (Phi) is 5.22. The van der Waals surface area contributed by atoms with Crippen molar-refractivity contribution in [1.29, 1.82) is 0 Å². The van der Waals surface area contributed by atoms with Crippen molar-refractivity contribution in [2.45, 2.75) is 39.0 Å². The van der Waals surface area contributed by atoms with Gasteiger partial charge in [0.15, 0.2) is 0 Å². The average molecular weight is 393 g/mol. The Labute approximate surface area is 171 Å². The fraction of sp³-hybridized carbons (Fsp3) is 0.455. The van der Waals surface area contributed by atoms with E-state index in [1.165, 1.54) is 0 Å². The van der Waals surface area contributed by atoms with Gasteiger partial charge in [-0.25, -0.2) is 9.97 Å². The zero-order chi connectivity index (χ0) is 20.5. The first-order valence-corrected chi connectivity index (χ1v) is 10.2. The van der Waals surface area contributed by atoms with E-state index in [0.29, 0.717) is 13.1 Å². The van der Waals surface area contributed by atoms with E-state index in [2.05, 4.69) is 29.0 Å². The van der Waals surface area contributed by atoms with Crippen LogP contribution < -0.4 is 10.2 Å². The Hall–Kier alpha value is -2.96. The molecule has 7 nitrogen and oxygen atoms in total. The number of rotatable bonds is 3. The lowest BCUT2D eigenvalue weighted by atomic mass is 9.89. The van der Waals surface area contributed by atoms with E-state index >= 15 is 0 Å². The zero-order valence-corrected chi connectivity index (χ0v) is 17.2. The predicted octanol–water partition coefficient (Wildman–Crippen LogP) is 2.68. The van der Waals surface area contributed by atoms with E-state index in [1.807, 2.05) is 42.2 Å². The number of carbonyl (C=O) groups excluding carboxylic acids is 2. The van der Waals surface area contributed by atoms with Crippen molar-refractivity contribution in [2.75, 3.05) is 36.4 Å². The minimum Gasteiger partial charge on any atom is -0.353 e. The molecule has 1 aromatic carbocycles. The quantitative estimate of drug-likeness (QED) is 0.867. The molecule has 0 saturated carbocycles. The molecular formula is C22H27N5O2. The Morgan fingerprint density at radius 1 is 1.14 bits per heavy atom. The molecule has 2 aliphatic heterocycles. The summed E-state index contributed by atoms with van der Waals surface area (Å²) in [4.78, 5) is 38.6. The van der Waals surface area contributed by atoms with Crippen molar-refractivity contribution in [3.05, 3.63) is 47.4 Å². The van der Waals surface area contributed by atoms with Crippen molar-refractivity contribution in [3.63, 3.8) is 0 Å². The Morgan fingerprint density at radius 2 is 1.86 bits per heavy atom. The topological polar surface area (TPSA) is 78.4 Å². The van der Waals surface area contributed by atoms with Crippen LogP contribution in [0.3, 0.4) is 0 Å². The molecule has 4 rings (SSSR count). The summed E-state index contributed by atoms with van der Waals surface area (Å²) < 4.78 is 0. The minimum atomic E-state index is -0.402. The number of carbonyl (C=O) groups is 2. The molecule has 2 amide bonds. The number of benzene rings is 1. The largest absolute Gasteiger partial charge is 0.353 e. The zero-order valence-electron chi connectivity index (χ0n) is 17.2. The van der Waals surface area contributed by atoms with Crippen LogP contribution in [0.5, 0.6) is 0 Å². The van der Waals surface area contributed by atoms with Gasteiger partial charge < -0.3 is 15.1 Å². The van der Waals surface area contributed by atoms with E-state index in [4.69, 9.17) is 4.98 Å². The first kappa shape index (κ1) is 19.4. The van der Waals surface area contributed by atoms with Gasteiger partial charge in [0.05, 0.1) is 5.92 Å². The van der Waals surface area contributed by atoms with E-state index in [9.17, 15) is 9.59 Å². The molecule has 3 heterocycles. The van der Waals surface area contributed by atoms with Gasteiger partial charge in [0.25, 0.3) is 0 Å². The number of nitrogens with one attached hydrogen (secondary N) is 1. The number of amides is 2. The third-order valence-corrected chi connectivity index (χ3v) is 5.59. The maximum Gasteiger partial charge on any atom is 0.230 e. The highest BCUT2D eigenvalue weighted by molar-refractivity contribution is 6.01. The summed E-state index contributed by atoms with van der Waals surface area (Å²) >= 11 is 0. The van der Waals surface area contributed by atoms with E-state index in [0.717, 1.165) is 41.7 Å². The molecule has 0 aliphatic carbocycles. The van der Waals surface area contributed by atoms with E-state index < -0.39 is 5.92 Å². The summed E-state index contributed by atoms with van der Waals surface area (Å²) in [7, 11) is 0. The van der Waals surface area contributed by atoms with Crippen LogP contribution in [0, 0.1) is 6.92 Å². The van der Waals surface area contributed by atoms with Crippen LogP contribution in [0.4, 0.5) is 11.5 Å². The van der Waals surface area contributed by atoms with Gasteiger partial charge in [-0.2, -0.15) is 0 Å². The summed E-state index contributed by atoms with van der Waals surface area (Å²) in [6, 6.07) is 9.59. The van der Waals surface area contributed by atoms with Gasteiger partial charge in [-0.3, -0.25) is 9.59 Å². The molecule has 152 valence electrons. The summed E-state index contributed by atoms with van der Waals surface area (Å²) in [5, 5.41) is 2.86. The van der Waals surface area contributed by atoms with Crippen LogP contribution in [0.25, 0.3) is 0 Å². The second-order valence-electron chi connectivity index (χ2n) is 8.08. The fourth-order valence-corrected chi connectivity index (χ4v) is 4.00. The first-order valence-electron chi connectivity index (χ1n) is 10.2. The molecule has 1 saturated heterocycles. The van der Waals surface area contributed by atoms with E-state index in [-0.39, 0.29) is 24.2 Å². The second-order valence-corrected chi connectivity index (χ2v) is 8.08. The Bertz CT molecular complexity index is 935. The lowest BCUT2D eigenvalue weighted by molar-refractivity contribution is -0.135. The molecule has 29 heavy (non-hydrogen) atoms. The highest BCUT2D eigenvalue weighted by atomic mass is 16.2. The van der Waals surface area contributed by atoms with Gasteiger partial charge in [0.1, 0.15) is 11.6 Å². The molecule has 2 aromatic rings. The van der Waals surface area contributed by atoms with Gasteiger partial charge in [-0.05, 0) is 18.6 Å². The Morgan fingerprint density at radius 3 is 2.59 bits per heavy atom. The van der Waals surface area contributed by atoms with Crippen molar-refractivity contribution in [3.8, 4) is 0 Å². The van der Waals surface area contributed by atoms with Gasteiger partial charge in [-0.15, -0.1) is 0 Å². The normalized spacial score (nSPS) is 19.2. The number of anilines is 2. The summed E-state index contributed by atoms with van der Waals surface area (Å²) in [6.45, 7) is 8.86. The lowest BCUT2D eigenvalue weighted by Gasteiger charge is -2.38. The van der Waals surface area contributed by atoms with Crippen molar-refractivity contribution in [1.82, 2.24) is 14.9 Å². The van der Waals surface area contributed by atoms with Crippen LogP contribution in [0.1, 0.15) is 49.2 Å². The molecule has 7 heteroatoms. The Balaban J connectivity index is 1.47.